The fraction of sp³-hybridized carbons (Fsp3) is 0.136. The monoisotopic (exact) mass is 394 g/mol. The van der Waals surface area contributed by atoms with Crippen LogP contribution in [-0.2, 0) is 12.3 Å². The number of halogens is 1. The molecule has 0 unspecified atom stereocenters. The first kappa shape index (κ1) is 18.0. The van der Waals surface area contributed by atoms with Crippen molar-refractivity contribution in [3.63, 3.8) is 0 Å². The maximum Gasteiger partial charge on any atom is 0.137 e. The van der Waals surface area contributed by atoms with Gasteiger partial charge in [-0.25, -0.2) is 4.98 Å². The van der Waals surface area contributed by atoms with E-state index >= 15 is 0 Å². The van der Waals surface area contributed by atoms with E-state index in [0.717, 1.165) is 29.2 Å². The Kier molecular flexibility index (Phi) is 5.66. The predicted octanol–water partition coefficient (Wildman–Crippen LogP) is 6.06. The van der Waals surface area contributed by atoms with Crippen molar-refractivity contribution in [3.05, 3.63) is 89.7 Å². The van der Waals surface area contributed by atoms with Crippen LogP contribution in [0.25, 0.3) is 11.0 Å². The van der Waals surface area contributed by atoms with E-state index in [1.54, 1.807) is 11.8 Å². The zero-order valence-electron chi connectivity index (χ0n) is 14.7. The highest BCUT2D eigenvalue weighted by molar-refractivity contribution is 7.98. The molecule has 4 rings (SSSR count). The summed E-state index contributed by atoms with van der Waals surface area (Å²) in [5, 5.41) is 0.632. The molecule has 0 aliphatic carbocycles. The van der Waals surface area contributed by atoms with E-state index in [4.69, 9.17) is 21.3 Å². The van der Waals surface area contributed by atoms with Crippen molar-refractivity contribution in [2.24, 2.45) is 0 Å². The Balaban J connectivity index is 1.52. The van der Waals surface area contributed by atoms with Crippen molar-refractivity contribution in [1.82, 2.24) is 9.55 Å². The van der Waals surface area contributed by atoms with Crippen LogP contribution in [-0.4, -0.2) is 16.2 Å². The molecule has 0 aliphatic rings. The van der Waals surface area contributed by atoms with Gasteiger partial charge >= 0.3 is 0 Å². The van der Waals surface area contributed by atoms with Crippen molar-refractivity contribution in [2.45, 2.75) is 17.2 Å². The summed E-state index contributed by atoms with van der Waals surface area (Å²) >= 11 is 7.97. The SMILES string of the molecule is Clc1ccccc1OCCn1c(CSc2ccccc2)nc2ccccc21. The van der Waals surface area contributed by atoms with Crippen molar-refractivity contribution < 1.29 is 4.74 Å². The normalized spacial score (nSPS) is 11.0. The summed E-state index contributed by atoms with van der Waals surface area (Å²) in [5.74, 6) is 2.57. The Hall–Kier alpha value is -2.43. The number of aromatic nitrogens is 2. The smallest absolute Gasteiger partial charge is 0.137 e. The summed E-state index contributed by atoms with van der Waals surface area (Å²) in [6.45, 7) is 1.25. The van der Waals surface area contributed by atoms with Crippen LogP contribution in [0, 0.1) is 0 Å². The van der Waals surface area contributed by atoms with E-state index in [1.165, 1.54) is 4.90 Å². The average Bonchev–Trinajstić information content (AvgIpc) is 3.06. The van der Waals surface area contributed by atoms with E-state index in [-0.39, 0.29) is 0 Å². The number of para-hydroxylation sites is 3. The predicted molar refractivity (Wildman–Crippen MR) is 113 cm³/mol. The fourth-order valence-electron chi connectivity index (χ4n) is 2.96. The number of benzene rings is 3. The highest BCUT2D eigenvalue weighted by Crippen LogP contribution is 2.26. The third-order valence-corrected chi connectivity index (χ3v) is 5.57. The second-order valence-electron chi connectivity index (χ2n) is 6.05. The molecule has 3 nitrogen and oxygen atoms in total. The summed E-state index contributed by atoms with van der Waals surface area (Å²) in [5.41, 5.74) is 2.14. The summed E-state index contributed by atoms with van der Waals surface area (Å²) < 4.78 is 8.13. The molecule has 0 aliphatic heterocycles. The van der Waals surface area contributed by atoms with Gasteiger partial charge in [0.25, 0.3) is 0 Å². The van der Waals surface area contributed by atoms with Crippen molar-refractivity contribution in [3.8, 4) is 5.75 Å². The zero-order valence-corrected chi connectivity index (χ0v) is 16.3. The maximum atomic E-state index is 6.18. The molecular weight excluding hydrogens is 376 g/mol. The molecule has 0 amide bonds. The highest BCUT2D eigenvalue weighted by atomic mass is 35.5. The third kappa shape index (κ3) is 4.29. The maximum absolute atomic E-state index is 6.18. The second-order valence-corrected chi connectivity index (χ2v) is 7.50. The molecule has 0 saturated heterocycles. The van der Waals surface area contributed by atoms with Crippen molar-refractivity contribution >= 4 is 34.4 Å². The van der Waals surface area contributed by atoms with E-state index in [1.807, 2.05) is 42.5 Å². The van der Waals surface area contributed by atoms with Crippen LogP contribution in [0.2, 0.25) is 5.02 Å². The number of thioether (sulfide) groups is 1. The molecule has 5 heteroatoms. The molecule has 1 heterocycles. The van der Waals surface area contributed by atoms with Gasteiger partial charge in [-0.2, -0.15) is 0 Å². The van der Waals surface area contributed by atoms with Crippen LogP contribution < -0.4 is 4.74 Å². The molecule has 0 atom stereocenters. The molecule has 4 aromatic rings. The standard InChI is InChI=1S/C22H19ClN2OS/c23-18-10-4-7-13-21(18)26-15-14-25-20-12-6-5-11-19(20)24-22(25)16-27-17-8-2-1-3-9-17/h1-13H,14-16H2. The van der Waals surface area contributed by atoms with Gasteiger partial charge in [-0.15, -0.1) is 11.8 Å². The van der Waals surface area contributed by atoms with Crippen LogP contribution in [0.15, 0.2) is 83.8 Å². The van der Waals surface area contributed by atoms with E-state index in [0.29, 0.717) is 17.4 Å². The van der Waals surface area contributed by atoms with Crippen LogP contribution >= 0.6 is 23.4 Å². The van der Waals surface area contributed by atoms with Gasteiger partial charge in [0.2, 0.25) is 0 Å². The molecule has 0 fully saturated rings. The largest absolute Gasteiger partial charge is 0.490 e. The number of hydrogen-bond acceptors (Lipinski definition) is 3. The zero-order chi connectivity index (χ0) is 18.5. The first-order chi connectivity index (χ1) is 13.3. The Morgan fingerprint density at radius 2 is 1.63 bits per heavy atom. The lowest BCUT2D eigenvalue weighted by atomic mass is 10.3. The summed E-state index contributed by atoms with van der Waals surface area (Å²) in [4.78, 5) is 6.07. The number of hydrogen-bond donors (Lipinski definition) is 0. The second kappa shape index (κ2) is 8.51. The molecule has 3 aromatic carbocycles. The van der Waals surface area contributed by atoms with Gasteiger partial charge in [-0.3, -0.25) is 0 Å². The van der Waals surface area contributed by atoms with Crippen molar-refractivity contribution in [2.75, 3.05) is 6.61 Å². The minimum atomic E-state index is 0.535. The molecule has 0 spiro atoms. The number of ether oxygens (including phenoxy) is 1. The third-order valence-electron chi connectivity index (χ3n) is 4.25. The summed E-state index contributed by atoms with van der Waals surface area (Å²) in [7, 11) is 0. The Morgan fingerprint density at radius 1 is 0.889 bits per heavy atom. The topological polar surface area (TPSA) is 27.1 Å². The molecular formula is C22H19ClN2OS. The molecule has 1 aromatic heterocycles. The summed E-state index contributed by atoms with van der Waals surface area (Å²) in [6.07, 6.45) is 0. The van der Waals surface area contributed by atoms with Gasteiger partial charge in [0.1, 0.15) is 18.2 Å². The van der Waals surface area contributed by atoms with E-state index in [9.17, 15) is 0 Å². The lowest BCUT2D eigenvalue weighted by Gasteiger charge is -2.11. The fourth-order valence-corrected chi connectivity index (χ4v) is 4.01. The average molecular weight is 395 g/mol. The van der Waals surface area contributed by atoms with Gasteiger partial charge in [0.05, 0.1) is 28.4 Å². The molecule has 0 bridgehead atoms. The number of fused-ring (bicyclic) bond motifs is 1. The van der Waals surface area contributed by atoms with Gasteiger partial charge in [0, 0.05) is 4.90 Å². The Morgan fingerprint density at radius 3 is 2.48 bits per heavy atom. The van der Waals surface area contributed by atoms with Crippen LogP contribution in [0.4, 0.5) is 0 Å². The van der Waals surface area contributed by atoms with Gasteiger partial charge in [0.15, 0.2) is 0 Å². The Labute approximate surface area is 168 Å². The lowest BCUT2D eigenvalue weighted by Crippen LogP contribution is -2.11. The van der Waals surface area contributed by atoms with Crippen LogP contribution in [0.5, 0.6) is 5.75 Å². The minimum absolute atomic E-state index is 0.535. The molecule has 0 saturated carbocycles. The quantitative estimate of drug-likeness (QED) is 0.356. The lowest BCUT2D eigenvalue weighted by molar-refractivity contribution is 0.299. The van der Waals surface area contributed by atoms with E-state index < -0.39 is 0 Å². The number of rotatable bonds is 7. The molecule has 136 valence electrons. The molecule has 27 heavy (non-hydrogen) atoms. The first-order valence-corrected chi connectivity index (χ1v) is 10.2. The minimum Gasteiger partial charge on any atom is -0.490 e. The van der Waals surface area contributed by atoms with Crippen molar-refractivity contribution in [1.29, 1.82) is 0 Å². The van der Waals surface area contributed by atoms with Gasteiger partial charge in [-0.05, 0) is 36.4 Å². The first-order valence-electron chi connectivity index (χ1n) is 8.80. The van der Waals surface area contributed by atoms with Crippen LogP contribution in [0.3, 0.4) is 0 Å². The van der Waals surface area contributed by atoms with Gasteiger partial charge in [-0.1, -0.05) is 54.1 Å². The van der Waals surface area contributed by atoms with E-state index in [2.05, 4.69) is 41.0 Å². The number of imidazole rings is 1. The summed E-state index contributed by atoms with van der Waals surface area (Å²) in [6, 6.07) is 26.2. The highest BCUT2D eigenvalue weighted by Gasteiger charge is 2.11. The molecule has 0 radical (unpaired) electrons. The molecule has 0 N–H and O–H groups in total. The van der Waals surface area contributed by atoms with Gasteiger partial charge < -0.3 is 9.30 Å². The number of nitrogens with zero attached hydrogens (tertiary/aromatic N) is 2. The Bertz CT molecular complexity index is 1030. The van der Waals surface area contributed by atoms with Crippen LogP contribution in [0.1, 0.15) is 5.82 Å².